The Balaban J connectivity index is 2.24. The summed E-state index contributed by atoms with van der Waals surface area (Å²) in [4.78, 5) is 4.05. The first-order valence-electron chi connectivity index (χ1n) is 5.06. The maximum atomic E-state index is 8.60. The summed E-state index contributed by atoms with van der Waals surface area (Å²) in [6.07, 6.45) is 1.53. The molecule has 2 aromatic rings. The summed E-state index contributed by atoms with van der Waals surface area (Å²) in [6, 6.07) is 10.6. The van der Waals surface area contributed by atoms with Gasteiger partial charge in [0.05, 0.1) is 0 Å². The number of benzene rings is 1. The second-order valence-electron chi connectivity index (χ2n) is 3.43. The number of hydrogen-bond acceptors (Lipinski definition) is 4. The van der Waals surface area contributed by atoms with Crippen LogP contribution >= 0.6 is 15.9 Å². The predicted octanol–water partition coefficient (Wildman–Crippen LogP) is 2.73. The third-order valence-corrected chi connectivity index (χ3v) is 2.65. The fourth-order valence-corrected chi connectivity index (χ4v) is 1.71. The van der Waals surface area contributed by atoms with E-state index >= 15 is 0 Å². The summed E-state index contributed by atoms with van der Waals surface area (Å²) in [5.41, 5.74) is 6.03. The molecule has 0 saturated carbocycles. The van der Waals surface area contributed by atoms with Crippen LogP contribution in [-0.2, 0) is 0 Å². The summed E-state index contributed by atoms with van der Waals surface area (Å²) in [6.45, 7) is 0. The highest BCUT2D eigenvalue weighted by atomic mass is 79.9. The Morgan fingerprint density at radius 1 is 1.33 bits per heavy atom. The minimum atomic E-state index is 0.0106. The zero-order chi connectivity index (χ0) is 13.0. The van der Waals surface area contributed by atoms with Crippen LogP contribution in [0, 0.1) is 0 Å². The third kappa shape index (κ3) is 2.98. The highest BCUT2D eigenvalue weighted by Crippen LogP contribution is 2.23. The number of aromatic nitrogens is 1. The lowest BCUT2D eigenvalue weighted by molar-refractivity contribution is 0.318. The van der Waals surface area contributed by atoms with E-state index in [-0.39, 0.29) is 5.84 Å². The normalized spacial score (nSPS) is 11.3. The van der Waals surface area contributed by atoms with Crippen molar-refractivity contribution < 1.29 is 9.94 Å². The van der Waals surface area contributed by atoms with Crippen molar-refractivity contribution in [1.29, 1.82) is 0 Å². The van der Waals surface area contributed by atoms with Gasteiger partial charge in [-0.1, -0.05) is 27.2 Å². The van der Waals surface area contributed by atoms with Crippen LogP contribution in [0.25, 0.3) is 0 Å². The quantitative estimate of drug-likeness (QED) is 0.395. The number of pyridine rings is 1. The number of rotatable bonds is 3. The molecule has 6 heteroatoms. The van der Waals surface area contributed by atoms with Crippen LogP contribution in [0.3, 0.4) is 0 Å². The molecule has 0 fully saturated rings. The van der Waals surface area contributed by atoms with Crippen LogP contribution in [0.5, 0.6) is 11.6 Å². The van der Waals surface area contributed by atoms with Crippen LogP contribution in [-0.4, -0.2) is 16.0 Å². The van der Waals surface area contributed by atoms with Crippen molar-refractivity contribution in [1.82, 2.24) is 4.98 Å². The average molecular weight is 308 g/mol. The molecule has 92 valence electrons. The van der Waals surface area contributed by atoms with Crippen LogP contribution in [0.15, 0.2) is 52.2 Å². The van der Waals surface area contributed by atoms with Crippen molar-refractivity contribution in [2.75, 3.05) is 0 Å². The number of nitrogens with zero attached hydrogens (tertiary/aromatic N) is 2. The Labute approximate surface area is 112 Å². The molecule has 0 aliphatic rings. The van der Waals surface area contributed by atoms with E-state index in [4.69, 9.17) is 15.7 Å². The van der Waals surface area contributed by atoms with Crippen molar-refractivity contribution in [2.45, 2.75) is 0 Å². The predicted molar refractivity (Wildman–Crippen MR) is 71.0 cm³/mol. The van der Waals surface area contributed by atoms with Gasteiger partial charge < -0.3 is 15.7 Å². The molecule has 1 aromatic heterocycles. The fraction of sp³-hybridized carbons (Fsp3) is 0. The van der Waals surface area contributed by atoms with Gasteiger partial charge in [0.2, 0.25) is 5.88 Å². The molecule has 18 heavy (non-hydrogen) atoms. The van der Waals surface area contributed by atoms with Crippen LogP contribution < -0.4 is 10.5 Å². The number of hydrogen-bond donors (Lipinski definition) is 2. The summed E-state index contributed by atoms with van der Waals surface area (Å²) < 4.78 is 6.47. The smallest absolute Gasteiger partial charge is 0.219 e. The second kappa shape index (κ2) is 5.50. The topological polar surface area (TPSA) is 80.7 Å². The zero-order valence-electron chi connectivity index (χ0n) is 9.25. The summed E-state index contributed by atoms with van der Waals surface area (Å²) in [5.74, 6) is 1.03. The maximum Gasteiger partial charge on any atom is 0.219 e. The molecule has 1 heterocycles. The molecule has 5 nitrogen and oxygen atoms in total. The molecule has 0 saturated heterocycles. The van der Waals surface area contributed by atoms with E-state index in [1.807, 2.05) is 24.3 Å². The molecule has 1 aromatic carbocycles. The molecular formula is C12H10BrN3O2. The van der Waals surface area contributed by atoms with E-state index < -0.39 is 0 Å². The van der Waals surface area contributed by atoms with Gasteiger partial charge in [0, 0.05) is 22.3 Å². The van der Waals surface area contributed by atoms with Gasteiger partial charge in [0.25, 0.3) is 0 Å². The standard InChI is InChI=1S/C12H10BrN3O2/c13-9-2-1-3-10(7-9)18-11-6-8(4-5-15-11)12(14)16-17/h1-7,17H,(H2,14,16). The van der Waals surface area contributed by atoms with Crippen molar-refractivity contribution in [3.05, 3.63) is 52.6 Å². The molecule has 0 aliphatic heterocycles. The Morgan fingerprint density at radius 2 is 2.17 bits per heavy atom. The van der Waals surface area contributed by atoms with Gasteiger partial charge in [-0.05, 0) is 24.3 Å². The Hall–Kier alpha value is -2.08. The van der Waals surface area contributed by atoms with E-state index in [1.54, 1.807) is 12.1 Å². The lowest BCUT2D eigenvalue weighted by Gasteiger charge is -2.06. The number of halogens is 1. The molecule has 0 unspecified atom stereocenters. The number of oxime groups is 1. The number of nitrogens with two attached hydrogens (primary N) is 1. The number of ether oxygens (including phenoxy) is 1. The van der Waals surface area contributed by atoms with Crippen LogP contribution in [0.2, 0.25) is 0 Å². The molecule has 0 amide bonds. The minimum Gasteiger partial charge on any atom is -0.439 e. The highest BCUT2D eigenvalue weighted by Gasteiger charge is 2.04. The molecular weight excluding hydrogens is 298 g/mol. The van der Waals surface area contributed by atoms with E-state index in [9.17, 15) is 0 Å². The minimum absolute atomic E-state index is 0.0106. The van der Waals surface area contributed by atoms with Gasteiger partial charge in [-0.25, -0.2) is 4.98 Å². The Kier molecular flexibility index (Phi) is 3.78. The first kappa shape index (κ1) is 12.4. The molecule has 0 atom stereocenters. The average Bonchev–Trinajstić information content (AvgIpc) is 2.38. The van der Waals surface area contributed by atoms with Crippen molar-refractivity contribution in [3.8, 4) is 11.6 Å². The zero-order valence-corrected chi connectivity index (χ0v) is 10.8. The largest absolute Gasteiger partial charge is 0.439 e. The monoisotopic (exact) mass is 307 g/mol. The SMILES string of the molecule is N/C(=N\O)c1ccnc(Oc2cccc(Br)c2)c1. The van der Waals surface area contributed by atoms with E-state index in [2.05, 4.69) is 26.1 Å². The molecule has 2 rings (SSSR count). The van der Waals surface area contributed by atoms with Gasteiger partial charge >= 0.3 is 0 Å². The van der Waals surface area contributed by atoms with Gasteiger partial charge in [-0.3, -0.25) is 0 Å². The van der Waals surface area contributed by atoms with E-state index in [0.29, 0.717) is 17.2 Å². The van der Waals surface area contributed by atoms with Crippen molar-refractivity contribution in [2.24, 2.45) is 10.9 Å². The van der Waals surface area contributed by atoms with Crippen molar-refractivity contribution in [3.63, 3.8) is 0 Å². The summed E-state index contributed by atoms with van der Waals surface area (Å²) in [7, 11) is 0. The highest BCUT2D eigenvalue weighted by molar-refractivity contribution is 9.10. The molecule has 0 aliphatic carbocycles. The van der Waals surface area contributed by atoms with Gasteiger partial charge in [0.1, 0.15) is 5.75 Å². The first-order chi connectivity index (χ1) is 8.69. The molecule has 0 radical (unpaired) electrons. The number of amidine groups is 1. The van der Waals surface area contributed by atoms with Crippen LogP contribution in [0.4, 0.5) is 0 Å². The summed E-state index contributed by atoms with van der Waals surface area (Å²) >= 11 is 3.35. The lowest BCUT2D eigenvalue weighted by atomic mass is 10.2. The van der Waals surface area contributed by atoms with Crippen LogP contribution in [0.1, 0.15) is 5.56 Å². The van der Waals surface area contributed by atoms with Gasteiger partial charge in [-0.15, -0.1) is 0 Å². The molecule has 3 N–H and O–H groups in total. The fourth-order valence-electron chi connectivity index (χ4n) is 1.33. The van der Waals surface area contributed by atoms with Gasteiger partial charge in [-0.2, -0.15) is 0 Å². The van der Waals surface area contributed by atoms with Gasteiger partial charge in [0.15, 0.2) is 5.84 Å². The maximum absolute atomic E-state index is 8.60. The first-order valence-corrected chi connectivity index (χ1v) is 5.86. The van der Waals surface area contributed by atoms with E-state index in [1.165, 1.54) is 6.20 Å². The lowest BCUT2D eigenvalue weighted by Crippen LogP contribution is -2.13. The molecule has 0 bridgehead atoms. The van der Waals surface area contributed by atoms with Crippen molar-refractivity contribution >= 4 is 21.8 Å². The second-order valence-corrected chi connectivity index (χ2v) is 4.34. The summed E-state index contributed by atoms with van der Waals surface area (Å²) in [5, 5.41) is 11.5. The third-order valence-electron chi connectivity index (χ3n) is 2.16. The Bertz CT molecular complexity index is 587. The Morgan fingerprint density at radius 3 is 2.89 bits per heavy atom. The van der Waals surface area contributed by atoms with E-state index in [0.717, 1.165) is 4.47 Å². The molecule has 0 spiro atoms.